The van der Waals surface area contributed by atoms with Crippen LogP contribution >= 0.6 is 0 Å². The lowest BCUT2D eigenvalue weighted by molar-refractivity contribution is 0.874. The Morgan fingerprint density at radius 3 is 2.62 bits per heavy atom. The van der Waals surface area contributed by atoms with Crippen molar-refractivity contribution in [2.24, 2.45) is 0 Å². The second-order valence-electron chi connectivity index (χ2n) is 3.63. The molecular weight excluding hydrogens is 156 g/mol. The van der Waals surface area contributed by atoms with E-state index >= 15 is 0 Å². The van der Waals surface area contributed by atoms with Crippen LogP contribution in [0.2, 0.25) is 0 Å². The van der Waals surface area contributed by atoms with Crippen molar-refractivity contribution < 1.29 is 0 Å². The zero-order valence-electron chi connectivity index (χ0n) is 8.04. The first kappa shape index (κ1) is 8.31. The highest BCUT2D eigenvalue weighted by atomic mass is 14.1. The molecule has 0 spiro atoms. The minimum Gasteiger partial charge on any atom is -0.0616 e. The summed E-state index contributed by atoms with van der Waals surface area (Å²) in [5.41, 5.74) is 1.32. The Kier molecular flexibility index (Phi) is 2.05. The molecule has 13 heavy (non-hydrogen) atoms. The molecule has 1 radical (unpaired) electrons. The molecule has 65 valence electrons. The van der Waals surface area contributed by atoms with Gasteiger partial charge in [-0.25, -0.2) is 0 Å². The van der Waals surface area contributed by atoms with Crippen molar-refractivity contribution in [3.05, 3.63) is 48.0 Å². The maximum atomic E-state index is 3.31. The van der Waals surface area contributed by atoms with Crippen molar-refractivity contribution in [1.82, 2.24) is 0 Å². The molecule has 2 rings (SSSR count). The molecule has 0 aliphatic carbocycles. The van der Waals surface area contributed by atoms with Crippen LogP contribution in [0.4, 0.5) is 0 Å². The molecule has 0 aromatic heterocycles. The topological polar surface area (TPSA) is 0 Å². The van der Waals surface area contributed by atoms with E-state index in [1.165, 1.54) is 16.3 Å². The minimum atomic E-state index is 0.547. The van der Waals surface area contributed by atoms with Crippen LogP contribution in [-0.2, 0) is 0 Å². The van der Waals surface area contributed by atoms with E-state index in [9.17, 15) is 0 Å². The smallest absolute Gasteiger partial charge is 0.0140 e. The van der Waals surface area contributed by atoms with E-state index in [1.54, 1.807) is 0 Å². The molecular formula is C13H13. The zero-order valence-corrected chi connectivity index (χ0v) is 8.04. The summed E-state index contributed by atoms with van der Waals surface area (Å²) in [6.45, 7) is 4.41. The lowest BCUT2D eigenvalue weighted by Gasteiger charge is -2.08. The number of fused-ring (bicyclic) bond motifs is 1. The third-order valence-corrected chi connectivity index (χ3v) is 2.33. The normalized spacial score (nSPS) is 11.0. The molecule has 0 N–H and O–H groups in total. The molecule has 2 aromatic carbocycles. The van der Waals surface area contributed by atoms with Crippen LogP contribution in [0.25, 0.3) is 10.8 Å². The zero-order chi connectivity index (χ0) is 9.26. The van der Waals surface area contributed by atoms with Gasteiger partial charge in [-0.2, -0.15) is 0 Å². The van der Waals surface area contributed by atoms with Gasteiger partial charge in [0.1, 0.15) is 0 Å². The fraction of sp³-hybridized carbons (Fsp3) is 0.231. The van der Waals surface area contributed by atoms with E-state index in [1.807, 2.05) is 6.07 Å². The average Bonchev–Trinajstić information content (AvgIpc) is 2.17. The maximum Gasteiger partial charge on any atom is -0.0140 e. The Balaban J connectivity index is 2.76. The van der Waals surface area contributed by atoms with Crippen molar-refractivity contribution in [2.75, 3.05) is 0 Å². The van der Waals surface area contributed by atoms with Crippen LogP contribution < -0.4 is 0 Å². The van der Waals surface area contributed by atoms with Gasteiger partial charge in [0.15, 0.2) is 0 Å². The number of rotatable bonds is 1. The Morgan fingerprint density at radius 1 is 1.08 bits per heavy atom. The van der Waals surface area contributed by atoms with Crippen molar-refractivity contribution in [3.63, 3.8) is 0 Å². The summed E-state index contributed by atoms with van der Waals surface area (Å²) in [6, 6.07) is 15.9. The third kappa shape index (κ3) is 1.44. The second-order valence-corrected chi connectivity index (χ2v) is 3.63. The number of benzene rings is 2. The number of hydrogen-bond acceptors (Lipinski definition) is 0. The Hall–Kier alpha value is -1.30. The van der Waals surface area contributed by atoms with Crippen molar-refractivity contribution in [1.29, 1.82) is 0 Å². The van der Waals surface area contributed by atoms with E-state index in [2.05, 4.69) is 50.2 Å². The maximum absolute atomic E-state index is 3.31. The summed E-state index contributed by atoms with van der Waals surface area (Å²) in [7, 11) is 0. The fourth-order valence-electron chi connectivity index (χ4n) is 1.66. The van der Waals surface area contributed by atoms with E-state index in [-0.39, 0.29) is 0 Å². The van der Waals surface area contributed by atoms with Gasteiger partial charge in [-0.15, -0.1) is 0 Å². The summed E-state index contributed by atoms with van der Waals surface area (Å²) >= 11 is 0. The summed E-state index contributed by atoms with van der Waals surface area (Å²) in [5, 5.41) is 2.64. The molecule has 0 heteroatoms. The van der Waals surface area contributed by atoms with Gasteiger partial charge in [-0.1, -0.05) is 50.2 Å². The van der Waals surface area contributed by atoms with E-state index < -0.39 is 0 Å². The minimum absolute atomic E-state index is 0.547. The number of hydrogen-bond donors (Lipinski definition) is 0. The van der Waals surface area contributed by atoms with Crippen LogP contribution in [0.1, 0.15) is 25.3 Å². The lowest BCUT2D eigenvalue weighted by atomic mass is 9.96. The second kappa shape index (κ2) is 3.21. The molecule has 0 saturated carbocycles. The van der Waals surface area contributed by atoms with Crippen molar-refractivity contribution in [2.45, 2.75) is 19.8 Å². The van der Waals surface area contributed by atoms with Gasteiger partial charge < -0.3 is 0 Å². The largest absolute Gasteiger partial charge is 0.0616 e. The molecule has 0 bridgehead atoms. The van der Waals surface area contributed by atoms with Gasteiger partial charge in [0.2, 0.25) is 0 Å². The lowest BCUT2D eigenvalue weighted by Crippen LogP contribution is -1.88. The van der Waals surface area contributed by atoms with Gasteiger partial charge >= 0.3 is 0 Å². The van der Waals surface area contributed by atoms with Gasteiger partial charge in [-0.05, 0) is 28.3 Å². The predicted molar refractivity (Wildman–Crippen MR) is 56.9 cm³/mol. The van der Waals surface area contributed by atoms with Crippen LogP contribution in [0.5, 0.6) is 0 Å². The van der Waals surface area contributed by atoms with E-state index in [0.29, 0.717) is 5.92 Å². The first-order chi connectivity index (χ1) is 6.29. The standard InChI is InChI=1S/C13H13/c1-10(2)12-9-5-7-11-6-3-4-8-13(11)12/h3-8,10H,1-2H3. The van der Waals surface area contributed by atoms with Crippen molar-refractivity contribution >= 4 is 10.8 Å². The summed E-state index contributed by atoms with van der Waals surface area (Å²) in [5.74, 6) is 0.547. The van der Waals surface area contributed by atoms with E-state index in [4.69, 9.17) is 0 Å². The average molecular weight is 169 g/mol. The highest BCUT2D eigenvalue weighted by Crippen LogP contribution is 2.24. The fourth-order valence-corrected chi connectivity index (χ4v) is 1.66. The van der Waals surface area contributed by atoms with Gasteiger partial charge in [0.25, 0.3) is 0 Å². The molecule has 0 amide bonds. The molecule has 0 saturated heterocycles. The predicted octanol–water partition coefficient (Wildman–Crippen LogP) is 3.76. The van der Waals surface area contributed by atoms with Gasteiger partial charge in [-0.3, -0.25) is 0 Å². The Bertz CT molecular complexity index is 408. The molecule has 0 unspecified atom stereocenters. The SMILES string of the molecule is CC(C)c1[c]ccc2ccccc12. The van der Waals surface area contributed by atoms with Crippen LogP contribution in [0.3, 0.4) is 0 Å². The summed E-state index contributed by atoms with van der Waals surface area (Å²) in [4.78, 5) is 0. The molecule has 0 nitrogen and oxygen atoms in total. The summed E-state index contributed by atoms with van der Waals surface area (Å²) in [6.07, 6.45) is 0. The summed E-state index contributed by atoms with van der Waals surface area (Å²) < 4.78 is 0. The molecule has 2 aromatic rings. The quantitative estimate of drug-likeness (QED) is 0.609. The highest BCUT2D eigenvalue weighted by molar-refractivity contribution is 5.85. The van der Waals surface area contributed by atoms with E-state index in [0.717, 1.165) is 0 Å². The van der Waals surface area contributed by atoms with Crippen LogP contribution in [0, 0.1) is 6.07 Å². The molecule has 0 heterocycles. The highest BCUT2D eigenvalue weighted by Gasteiger charge is 2.03. The van der Waals surface area contributed by atoms with Crippen LogP contribution in [0.15, 0.2) is 36.4 Å². The Morgan fingerprint density at radius 2 is 1.85 bits per heavy atom. The van der Waals surface area contributed by atoms with Crippen molar-refractivity contribution in [3.8, 4) is 0 Å². The molecule has 0 fully saturated rings. The first-order valence-electron chi connectivity index (χ1n) is 4.68. The van der Waals surface area contributed by atoms with Crippen LogP contribution in [-0.4, -0.2) is 0 Å². The van der Waals surface area contributed by atoms with Gasteiger partial charge in [0.05, 0.1) is 0 Å². The molecule has 0 atom stereocenters. The first-order valence-corrected chi connectivity index (χ1v) is 4.68. The third-order valence-electron chi connectivity index (χ3n) is 2.33. The molecule has 0 aliphatic heterocycles. The Labute approximate surface area is 79.2 Å². The molecule has 0 aliphatic rings. The van der Waals surface area contributed by atoms with Gasteiger partial charge in [0, 0.05) is 0 Å². The monoisotopic (exact) mass is 169 g/mol.